The van der Waals surface area contributed by atoms with E-state index in [1.807, 2.05) is 0 Å². The van der Waals surface area contributed by atoms with Crippen molar-refractivity contribution >= 4 is 0 Å². The summed E-state index contributed by atoms with van der Waals surface area (Å²) in [5.74, 6) is 0. The van der Waals surface area contributed by atoms with Crippen molar-refractivity contribution in [2.45, 2.75) is 64.5 Å². The Morgan fingerprint density at radius 1 is 1.25 bits per heavy atom. The van der Waals surface area contributed by atoms with Crippen molar-refractivity contribution in [2.24, 2.45) is 5.41 Å². The van der Waals surface area contributed by atoms with Gasteiger partial charge >= 0.3 is 0 Å². The first-order chi connectivity index (χ1) is 7.73. The highest BCUT2D eigenvalue weighted by molar-refractivity contribution is 4.94. The van der Waals surface area contributed by atoms with Gasteiger partial charge in [0.05, 0.1) is 0 Å². The van der Waals surface area contributed by atoms with Gasteiger partial charge in [-0.25, -0.2) is 0 Å². The van der Waals surface area contributed by atoms with Crippen LogP contribution in [0.4, 0.5) is 0 Å². The lowest BCUT2D eigenvalue weighted by atomic mass is 9.82. The molecule has 0 aromatic heterocycles. The van der Waals surface area contributed by atoms with Crippen LogP contribution in [0, 0.1) is 5.41 Å². The summed E-state index contributed by atoms with van der Waals surface area (Å²) in [5.41, 5.74) is 0.651. The monoisotopic (exact) mass is 224 g/mol. The fourth-order valence-electron chi connectivity index (χ4n) is 3.66. The predicted octanol–water partition coefficient (Wildman–Crippen LogP) is 2.64. The summed E-state index contributed by atoms with van der Waals surface area (Å²) in [6.07, 6.45) is 8.32. The molecule has 1 heterocycles. The lowest BCUT2D eigenvalue weighted by molar-refractivity contribution is 0.194. The van der Waals surface area contributed by atoms with Gasteiger partial charge in [-0.1, -0.05) is 13.8 Å². The van der Waals surface area contributed by atoms with Gasteiger partial charge in [0.1, 0.15) is 0 Å². The maximum Gasteiger partial charge on any atom is 0.0111 e. The lowest BCUT2D eigenvalue weighted by Crippen LogP contribution is -2.35. The Kier molecular flexibility index (Phi) is 3.91. The Morgan fingerprint density at radius 2 is 2.00 bits per heavy atom. The van der Waals surface area contributed by atoms with Crippen LogP contribution >= 0.6 is 0 Å². The largest absolute Gasteiger partial charge is 0.317 e. The van der Waals surface area contributed by atoms with E-state index in [0.29, 0.717) is 5.41 Å². The van der Waals surface area contributed by atoms with Crippen molar-refractivity contribution in [1.29, 1.82) is 0 Å². The maximum absolute atomic E-state index is 3.44. The van der Waals surface area contributed by atoms with Crippen LogP contribution in [-0.4, -0.2) is 37.1 Å². The molecule has 2 heteroatoms. The fraction of sp³-hybridized carbons (Fsp3) is 1.00. The molecule has 1 saturated carbocycles. The van der Waals surface area contributed by atoms with Crippen molar-refractivity contribution < 1.29 is 0 Å². The van der Waals surface area contributed by atoms with Gasteiger partial charge in [-0.3, -0.25) is 4.90 Å². The summed E-state index contributed by atoms with van der Waals surface area (Å²) in [7, 11) is 2.11. The Morgan fingerprint density at radius 3 is 2.50 bits per heavy atom. The average molecular weight is 224 g/mol. The van der Waals surface area contributed by atoms with Gasteiger partial charge in [0.25, 0.3) is 0 Å². The SMILES string of the molecule is CCC1(CC)CCN(C2CCC(NC)C2)C1. The van der Waals surface area contributed by atoms with E-state index in [9.17, 15) is 0 Å². The highest BCUT2D eigenvalue weighted by Crippen LogP contribution is 2.40. The normalized spacial score (nSPS) is 34.7. The quantitative estimate of drug-likeness (QED) is 0.790. The molecule has 0 bridgehead atoms. The molecule has 1 aliphatic heterocycles. The van der Waals surface area contributed by atoms with Crippen LogP contribution in [0.25, 0.3) is 0 Å². The second kappa shape index (κ2) is 5.05. The molecule has 2 nitrogen and oxygen atoms in total. The van der Waals surface area contributed by atoms with Gasteiger partial charge in [0, 0.05) is 18.6 Å². The summed E-state index contributed by atoms with van der Waals surface area (Å²) in [6, 6.07) is 1.65. The number of likely N-dealkylation sites (tertiary alicyclic amines) is 1. The number of nitrogens with one attached hydrogen (secondary N) is 1. The molecule has 16 heavy (non-hydrogen) atoms. The van der Waals surface area contributed by atoms with Crippen molar-refractivity contribution in [3.63, 3.8) is 0 Å². The van der Waals surface area contributed by atoms with Crippen molar-refractivity contribution in [2.75, 3.05) is 20.1 Å². The van der Waals surface area contributed by atoms with Crippen LogP contribution in [0.5, 0.6) is 0 Å². The Labute approximate surface area is 101 Å². The second-order valence-electron chi connectivity index (χ2n) is 5.88. The molecular formula is C14H28N2. The molecule has 94 valence electrons. The van der Waals surface area contributed by atoms with Crippen LogP contribution in [0.15, 0.2) is 0 Å². The molecule has 2 rings (SSSR count). The minimum Gasteiger partial charge on any atom is -0.317 e. The summed E-state index contributed by atoms with van der Waals surface area (Å²) in [6.45, 7) is 7.46. The van der Waals surface area contributed by atoms with Crippen molar-refractivity contribution in [3.05, 3.63) is 0 Å². The minimum absolute atomic E-state index is 0.651. The van der Waals surface area contributed by atoms with E-state index in [4.69, 9.17) is 0 Å². The third kappa shape index (κ3) is 2.28. The Hall–Kier alpha value is -0.0800. The molecular weight excluding hydrogens is 196 g/mol. The van der Waals surface area contributed by atoms with Gasteiger partial charge in [0.15, 0.2) is 0 Å². The molecule has 2 fully saturated rings. The minimum atomic E-state index is 0.651. The third-order valence-corrected chi connectivity index (χ3v) is 5.30. The second-order valence-corrected chi connectivity index (χ2v) is 5.88. The number of rotatable bonds is 4. The predicted molar refractivity (Wildman–Crippen MR) is 69.7 cm³/mol. The zero-order chi connectivity index (χ0) is 11.6. The van der Waals surface area contributed by atoms with E-state index < -0.39 is 0 Å². The van der Waals surface area contributed by atoms with Gasteiger partial charge in [-0.15, -0.1) is 0 Å². The smallest absolute Gasteiger partial charge is 0.0111 e. The Balaban J connectivity index is 1.89. The number of hydrogen-bond donors (Lipinski definition) is 1. The van der Waals surface area contributed by atoms with E-state index in [2.05, 4.69) is 31.1 Å². The number of nitrogens with zero attached hydrogens (tertiary/aromatic N) is 1. The molecule has 2 atom stereocenters. The van der Waals surface area contributed by atoms with Crippen LogP contribution in [0.2, 0.25) is 0 Å². The summed E-state index contributed by atoms with van der Waals surface area (Å²) in [5, 5.41) is 3.44. The molecule has 0 radical (unpaired) electrons. The Bertz CT molecular complexity index is 223. The van der Waals surface area contributed by atoms with Crippen LogP contribution in [0.1, 0.15) is 52.4 Å². The van der Waals surface area contributed by atoms with E-state index in [1.165, 1.54) is 51.6 Å². The average Bonchev–Trinajstić information content (AvgIpc) is 2.96. The van der Waals surface area contributed by atoms with Crippen LogP contribution in [-0.2, 0) is 0 Å². The van der Waals surface area contributed by atoms with Crippen molar-refractivity contribution in [1.82, 2.24) is 10.2 Å². The summed E-state index contributed by atoms with van der Waals surface area (Å²) >= 11 is 0. The summed E-state index contributed by atoms with van der Waals surface area (Å²) in [4.78, 5) is 2.78. The van der Waals surface area contributed by atoms with E-state index in [-0.39, 0.29) is 0 Å². The molecule has 0 amide bonds. The van der Waals surface area contributed by atoms with E-state index in [1.54, 1.807) is 0 Å². The highest BCUT2D eigenvalue weighted by atomic mass is 15.2. The molecule has 1 N–H and O–H groups in total. The van der Waals surface area contributed by atoms with Gasteiger partial charge in [-0.2, -0.15) is 0 Å². The molecule has 0 aromatic carbocycles. The molecule has 0 aromatic rings. The lowest BCUT2D eigenvalue weighted by Gasteiger charge is -2.29. The van der Waals surface area contributed by atoms with E-state index in [0.717, 1.165) is 12.1 Å². The third-order valence-electron chi connectivity index (χ3n) is 5.30. The molecule has 1 saturated heterocycles. The van der Waals surface area contributed by atoms with Crippen molar-refractivity contribution in [3.8, 4) is 0 Å². The standard InChI is InChI=1S/C14H28N2/c1-4-14(5-2)8-9-16(11-14)13-7-6-12(10-13)15-3/h12-13,15H,4-11H2,1-3H3. The highest BCUT2D eigenvalue weighted by Gasteiger charge is 2.39. The summed E-state index contributed by atoms with van der Waals surface area (Å²) < 4.78 is 0. The zero-order valence-corrected chi connectivity index (χ0v) is 11.3. The molecule has 1 aliphatic carbocycles. The zero-order valence-electron chi connectivity index (χ0n) is 11.3. The van der Waals surface area contributed by atoms with Crippen LogP contribution in [0.3, 0.4) is 0 Å². The van der Waals surface area contributed by atoms with Gasteiger partial charge < -0.3 is 5.32 Å². The first kappa shape index (κ1) is 12.4. The van der Waals surface area contributed by atoms with Gasteiger partial charge in [-0.05, 0) is 57.5 Å². The first-order valence-electron chi connectivity index (χ1n) is 7.14. The topological polar surface area (TPSA) is 15.3 Å². The molecule has 2 unspecified atom stereocenters. The van der Waals surface area contributed by atoms with Gasteiger partial charge in [0.2, 0.25) is 0 Å². The fourth-order valence-corrected chi connectivity index (χ4v) is 3.66. The number of hydrogen-bond acceptors (Lipinski definition) is 2. The molecule has 0 spiro atoms. The first-order valence-corrected chi connectivity index (χ1v) is 7.14. The van der Waals surface area contributed by atoms with Crippen LogP contribution < -0.4 is 5.32 Å². The molecule has 2 aliphatic rings. The maximum atomic E-state index is 3.44. The van der Waals surface area contributed by atoms with E-state index >= 15 is 0 Å².